The molecule has 0 heterocycles. The van der Waals surface area contributed by atoms with Crippen molar-refractivity contribution in [2.45, 2.75) is 23.5 Å². The SMILES string of the molecule is CCC(Sc1cccc(NC(=O)/C(=C/c2cccc(Cl)c2)NC(=O)c2ccccc2)c1)C(=O)Nc1ccc(Cl)cc1Cl. The highest BCUT2D eigenvalue weighted by Crippen LogP contribution is 2.31. The number of carbonyl (C=O) groups is 3. The number of rotatable bonds is 10. The zero-order chi connectivity index (χ0) is 30.1. The second-order valence-electron chi connectivity index (χ2n) is 9.04. The molecule has 6 nitrogen and oxygen atoms in total. The number of benzene rings is 4. The molecule has 0 bridgehead atoms. The summed E-state index contributed by atoms with van der Waals surface area (Å²) < 4.78 is 0. The molecule has 0 radical (unpaired) electrons. The van der Waals surface area contributed by atoms with E-state index in [0.29, 0.717) is 44.0 Å². The Morgan fingerprint density at radius 1 is 0.810 bits per heavy atom. The van der Waals surface area contributed by atoms with Crippen molar-refractivity contribution in [1.82, 2.24) is 5.32 Å². The molecule has 42 heavy (non-hydrogen) atoms. The van der Waals surface area contributed by atoms with Gasteiger partial charge in [-0.05, 0) is 78.7 Å². The molecule has 0 aromatic heterocycles. The summed E-state index contributed by atoms with van der Waals surface area (Å²) >= 11 is 19.7. The van der Waals surface area contributed by atoms with Gasteiger partial charge in [0.15, 0.2) is 0 Å². The second kappa shape index (κ2) is 14.9. The molecule has 3 amide bonds. The summed E-state index contributed by atoms with van der Waals surface area (Å²) in [6.07, 6.45) is 2.11. The van der Waals surface area contributed by atoms with Crippen molar-refractivity contribution < 1.29 is 14.4 Å². The van der Waals surface area contributed by atoms with Crippen LogP contribution in [0.25, 0.3) is 6.08 Å². The van der Waals surface area contributed by atoms with Crippen LogP contribution in [0.3, 0.4) is 0 Å². The Labute approximate surface area is 263 Å². The van der Waals surface area contributed by atoms with Crippen LogP contribution in [-0.4, -0.2) is 23.0 Å². The maximum absolute atomic E-state index is 13.4. The van der Waals surface area contributed by atoms with Crippen LogP contribution >= 0.6 is 46.6 Å². The lowest BCUT2D eigenvalue weighted by Gasteiger charge is -2.16. The van der Waals surface area contributed by atoms with Crippen LogP contribution in [0.5, 0.6) is 0 Å². The molecule has 4 aromatic rings. The summed E-state index contributed by atoms with van der Waals surface area (Å²) in [4.78, 5) is 40.1. The topological polar surface area (TPSA) is 87.3 Å². The summed E-state index contributed by atoms with van der Waals surface area (Å²) in [6.45, 7) is 1.91. The van der Waals surface area contributed by atoms with Crippen LogP contribution in [0.15, 0.2) is 108 Å². The Morgan fingerprint density at radius 2 is 1.55 bits per heavy atom. The van der Waals surface area contributed by atoms with Gasteiger partial charge in [0.1, 0.15) is 5.70 Å². The van der Waals surface area contributed by atoms with Crippen molar-refractivity contribution in [3.8, 4) is 0 Å². The van der Waals surface area contributed by atoms with Crippen LogP contribution in [0, 0.1) is 0 Å². The third-order valence-corrected chi connectivity index (χ3v) is 8.05. The number of carbonyl (C=O) groups excluding carboxylic acids is 3. The number of halogens is 3. The van der Waals surface area contributed by atoms with Gasteiger partial charge >= 0.3 is 0 Å². The highest BCUT2D eigenvalue weighted by molar-refractivity contribution is 8.00. The van der Waals surface area contributed by atoms with Crippen molar-refractivity contribution in [2.24, 2.45) is 0 Å². The fourth-order valence-electron chi connectivity index (χ4n) is 3.84. The smallest absolute Gasteiger partial charge is 0.272 e. The molecule has 0 aliphatic rings. The van der Waals surface area contributed by atoms with Crippen molar-refractivity contribution >= 4 is 81.7 Å². The third kappa shape index (κ3) is 8.87. The zero-order valence-corrected chi connectivity index (χ0v) is 25.5. The molecule has 1 unspecified atom stereocenters. The van der Waals surface area contributed by atoms with Gasteiger partial charge in [-0.2, -0.15) is 0 Å². The van der Waals surface area contributed by atoms with Crippen LogP contribution in [0.1, 0.15) is 29.3 Å². The summed E-state index contributed by atoms with van der Waals surface area (Å²) in [5.74, 6) is -1.17. The van der Waals surface area contributed by atoms with Gasteiger partial charge in [-0.3, -0.25) is 14.4 Å². The van der Waals surface area contributed by atoms with Gasteiger partial charge in [0.25, 0.3) is 11.8 Å². The summed E-state index contributed by atoms with van der Waals surface area (Å²) in [7, 11) is 0. The van der Waals surface area contributed by atoms with Crippen LogP contribution in [0.2, 0.25) is 15.1 Å². The molecule has 1 atom stereocenters. The van der Waals surface area contributed by atoms with E-state index in [1.165, 1.54) is 11.8 Å². The molecule has 0 aliphatic heterocycles. The number of amides is 3. The lowest BCUT2D eigenvalue weighted by atomic mass is 10.1. The molecule has 4 rings (SSSR count). The fourth-order valence-corrected chi connectivity index (χ4v) is 5.51. The Kier molecular flexibility index (Phi) is 11.1. The monoisotopic (exact) mass is 637 g/mol. The van der Waals surface area contributed by atoms with Crippen molar-refractivity contribution in [2.75, 3.05) is 10.6 Å². The fraction of sp³-hybridized carbons (Fsp3) is 0.0938. The highest BCUT2D eigenvalue weighted by Gasteiger charge is 2.20. The molecular formula is C32H26Cl3N3O3S. The largest absolute Gasteiger partial charge is 0.324 e. The average Bonchev–Trinajstić information content (AvgIpc) is 2.97. The third-order valence-electron chi connectivity index (χ3n) is 5.91. The molecule has 0 spiro atoms. The van der Waals surface area contributed by atoms with Gasteiger partial charge in [0.05, 0.1) is 16.0 Å². The van der Waals surface area contributed by atoms with E-state index in [1.54, 1.807) is 97.1 Å². The van der Waals surface area contributed by atoms with E-state index in [2.05, 4.69) is 16.0 Å². The zero-order valence-electron chi connectivity index (χ0n) is 22.4. The minimum Gasteiger partial charge on any atom is -0.324 e. The summed E-state index contributed by atoms with van der Waals surface area (Å²) in [5, 5.41) is 9.31. The maximum atomic E-state index is 13.4. The van der Waals surface area contributed by atoms with E-state index < -0.39 is 17.1 Å². The Morgan fingerprint density at radius 3 is 2.26 bits per heavy atom. The van der Waals surface area contributed by atoms with Gasteiger partial charge in [-0.1, -0.05) is 78.1 Å². The quantitative estimate of drug-likeness (QED) is 0.120. The average molecular weight is 639 g/mol. The van der Waals surface area contributed by atoms with Gasteiger partial charge in [0.2, 0.25) is 5.91 Å². The van der Waals surface area contributed by atoms with Gasteiger partial charge in [-0.15, -0.1) is 11.8 Å². The number of thioether (sulfide) groups is 1. The molecule has 0 aliphatic carbocycles. The van der Waals surface area contributed by atoms with E-state index >= 15 is 0 Å². The molecule has 3 N–H and O–H groups in total. The highest BCUT2D eigenvalue weighted by atomic mass is 35.5. The van der Waals surface area contributed by atoms with Crippen LogP contribution in [-0.2, 0) is 9.59 Å². The van der Waals surface area contributed by atoms with E-state index in [0.717, 1.165) is 4.90 Å². The standard InChI is InChI=1S/C32H26Cl3N3O3S/c1-2-29(32(41)37-27-15-14-23(34)18-26(27)35)42-25-13-7-12-24(19-25)36-31(40)28(17-20-8-6-11-22(33)16-20)38-30(39)21-9-4-3-5-10-21/h3-19,29H,2H2,1H3,(H,36,40)(H,37,41)(H,38,39)/b28-17-. The predicted molar refractivity (Wildman–Crippen MR) is 173 cm³/mol. The lowest BCUT2D eigenvalue weighted by molar-refractivity contribution is -0.116. The minimum absolute atomic E-state index is 0.0369. The van der Waals surface area contributed by atoms with Crippen LogP contribution < -0.4 is 16.0 Å². The first-order valence-electron chi connectivity index (χ1n) is 12.9. The summed E-state index contributed by atoms with van der Waals surface area (Å²) in [5.41, 5.74) is 2.05. The lowest BCUT2D eigenvalue weighted by Crippen LogP contribution is -2.30. The number of hydrogen-bond acceptors (Lipinski definition) is 4. The first-order valence-corrected chi connectivity index (χ1v) is 14.9. The predicted octanol–water partition coefficient (Wildman–Crippen LogP) is 8.57. The van der Waals surface area contributed by atoms with Crippen LogP contribution in [0.4, 0.5) is 11.4 Å². The van der Waals surface area contributed by atoms with Gasteiger partial charge < -0.3 is 16.0 Å². The molecular weight excluding hydrogens is 613 g/mol. The first kappa shape index (κ1) is 31.2. The van der Waals surface area contributed by atoms with Gasteiger partial charge in [-0.25, -0.2) is 0 Å². The molecule has 0 saturated carbocycles. The first-order chi connectivity index (χ1) is 20.2. The summed E-state index contributed by atoms with van der Waals surface area (Å²) in [6, 6.07) is 27.5. The molecule has 4 aromatic carbocycles. The van der Waals surface area contributed by atoms with Gasteiger partial charge in [0, 0.05) is 26.2 Å². The Bertz CT molecular complexity index is 1630. The van der Waals surface area contributed by atoms with E-state index in [9.17, 15) is 14.4 Å². The van der Waals surface area contributed by atoms with Crippen molar-refractivity contribution in [1.29, 1.82) is 0 Å². The minimum atomic E-state index is -0.524. The number of anilines is 2. The molecule has 0 fully saturated rings. The van der Waals surface area contributed by atoms with Crippen molar-refractivity contribution in [3.63, 3.8) is 0 Å². The second-order valence-corrected chi connectivity index (χ2v) is 11.6. The number of hydrogen-bond donors (Lipinski definition) is 3. The van der Waals surface area contributed by atoms with E-state index in [4.69, 9.17) is 34.8 Å². The Hall–Kier alpha value is -3.75. The molecule has 0 saturated heterocycles. The normalized spacial score (nSPS) is 11.9. The molecule has 10 heteroatoms. The Balaban J connectivity index is 1.50. The maximum Gasteiger partial charge on any atom is 0.272 e. The van der Waals surface area contributed by atoms with Crippen molar-refractivity contribution in [3.05, 3.63) is 129 Å². The molecule has 214 valence electrons. The van der Waals surface area contributed by atoms with E-state index in [1.807, 2.05) is 13.0 Å². The number of nitrogens with one attached hydrogen (secondary N) is 3. The van der Waals surface area contributed by atoms with E-state index in [-0.39, 0.29) is 11.6 Å².